The summed E-state index contributed by atoms with van der Waals surface area (Å²) in [4.78, 5) is 37.6. The predicted molar refractivity (Wildman–Crippen MR) is 96.5 cm³/mol. The zero-order valence-corrected chi connectivity index (χ0v) is 15.6. The molecular weight excluding hydrogens is 356 g/mol. The first-order valence-corrected chi connectivity index (χ1v) is 9.44. The number of carbonyl (C=O) groups is 3. The Hall–Kier alpha value is -2.22. The summed E-state index contributed by atoms with van der Waals surface area (Å²) >= 11 is 1.59. The minimum Gasteiger partial charge on any atom is -0.496 e. The molecule has 0 aliphatic carbocycles. The minimum absolute atomic E-state index is 0.0277. The van der Waals surface area contributed by atoms with Crippen molar-refractivity contribution >= 4 is 29.5 Å². The average Bonchev–Trinajstić information content (AvgIpc) is 3.14. The lowest BCUT2D eigenvalue weighted by Crippen LogP contribution is -2.47. The molecule has 2 saturated heterocycles. The Balaban J connectivity index is 1.49. The fraction of sp³-hybridized carbons (Fsp3) is 0.500. The second kappa shape index (κ2) is 7.57. The zero-order valence-electron chi connectivity index (χ0n) is 14.8. The highest BCUT2D eigenvalue weighted by Crippen LogP contribution is 2.47. The largest absolute Gasteiger partial charge is 0.496 e. The highest BCUT2D eigenvalue weighted by Gasteiger charge is 2.53. The fourth-order valence-electron chi connectivity index (χ4n) is 3.32. The minimum atomic E-state index is -0.609. The number of benzene rings is 1. The molecule has 140 valence electrons. The molecule has 2 aliphatic heterocycles. The molecule has 3 rings (SSSR count). The molecule has 2 heterocycles. The van der Waals surface area contributed by atoms with Crippen LogP contribution in [0.1, 0.15) is 25.3 Å². The van der Waals surface area contributed by atoms with Gasteiger partial charge in [-0.05, 0) is 19.4 Å². The Bertz CT molecular complexity index is 725. The van der Waals surface area contributed by atoms with Crippen LogP contribution < -0.4 is 10.1 Å². The molecule has 0 unspecified atom stereocenters. The summed E-state index contributed by atoms with van der Waals surface area (Å²) in [6.45, 7) is 1.88. The van der Waals surface area contributed by atoms with Gasteiger partial charge in [-0.15, -0.1) is 11.8 Å². The summed E-state index contributed by atoms with van der Waals surface area (Å²) in [5.41, 5.74) is 0.834. The molecule has 26 heavy (non-hydrogen) atoms. The molecule has 2 aliphatic rings. The number of amides is 2. The first-order chi connectivity index (χ1) is 12.4. The summed E-state index contributed by atoms with van der Waals surface area (Å²) in [5.74, 6) is 0.234. The zero-order chi connectivity index (χ0) is 18.7. The van der Waals surface area contributed by atoms with Crippen LogP contribution in [-0.4, -0.2) is 53.1 Å². The molecule has 2 amide bonds. The maximum absolute atomic E-state index is 12.3. The van der Waals surface area contributed by atoms with Crippen molar-refractivity contribution < 1.29 is 23.9 Å². The number of fused-ring (bicyclic) bond motifs is 1. The SMILES string of the molecule is COc1ccccc1CNC(=O)COC(=O)[C@H]1CS[C@]2(C)CCC(=O)N12. The van der Waals surface area contributed by atoms with E-state index < -0.39 is 17.9 Å². The molecule has 0 saturated carbocycles. The van der Waals surface area contributed by atoms with Crippen LogP contribution in [0.4, 0.5) is 0 Å². The first kappa shape index (κ1) is 18.6. The number of rotatable bonds is 6. The molecule has 1 N–H and O–H groups in total. The molecule has 0 aromatic heterocycles. The van der Waals surface area contributed by atoms with Crippen molar-refractivity contribution in [3.8, 4) is 5.75 Å². The van der Waals surface area contributed by atoms with Crippen molar-refractivity contribution in [3.05, 3.63) is 29.8 Å². The van der Waals surface area contributed by atoms with Gasteiger partial charge >= 0.3 is 5.97 Å². The van der Waals surface area contributed by atoms with Gasteiger partial charge in [0.2, 0.25) is 5.91 Å². The summed E-state index contributed by atoms with van der Waals surface area (Å²) in [6, 6.07) is 6.75. The monoisotopic (exact) mass is 378 g/mol. The number of hydrogen-bond acceptors (Lipinski definition) is 6. The van der Waals surface area contributed by atoms with Crippen molar-refractivity contribution in [2.45, 2.75) is 37.2 Å². The van der Waals surface area contributed by atoms with Gasteiger partial charge in [0.25, 0.3) is 5.91 Å². The van der Waals surface area contributed by atoms with Crippen LogP contribution in [0.2, 0.25) is 0 Å². The van der Waals surface area contributed by atoms with E-state index in [0.717, 1.165) is 12.0 Å². The summed E-state index contributed by atoms with van der Waals surface area (Å²) < 4.78 is 10.4. The lowest BCUT2D eigenvalue weighted by molar-refractivity contribution is -0.156. The van der Waals surface area contributed by atoms with E-state index in [4.69, 9.17) is 9.47 Å². The van der Waals surface area contributed by atoms with E-state index in [1.165, 1.54) is 0 Å². The van der Waals surface area contributed by atoms with Crippen LogP contribution in [0.5, 0.6) is 5.75 Å². The summed E-state index contributed by atoms with van der Waals surface area (Å²) in [5, 5.41) is 2.70. The molecule has 8 heteroatoms. The van der Waals surface area contributed by atoms with Gasteiger partial charge in [0.05, 0.1) is 12.0 Å². The van der Waals surface area contributed by atoms with E-state index in [1.54, 1.807) is 23.8 Å². The third-order valence-electron chi connectivity index (χ3n) is 4.73. The maximum Gasteiger partial charge on any atom is 0.330 e. The van der Waals surface area contributed by atoms with Gasteiger partial charge in [0.15, 0.2) is 6.61 Å². The molecule has 2 atom stereocenters. The second-order valence-corrected chi connectivity index (χ2v) is 7.96. The summed E-state index contributed by atoms with van der Waals surface area (Å²) in [7, 11) is 1.56. The van der Waals surface area contributed by atoms with Gasteiger partial charge in [-0.25, -0.2) is 4.79 Å². The van der Waals surface area contributed by atoms with Gasteiger partial charge in [0, 0.05) is 24.3 Å². The smallest absolute Gasteiger partial charge is 0.330 e. The van der Waals surface area contributed by atoms with E-state index in [9.17, 15) is 14.4 Å². The number of para-hydroxylation sites is 1. The normalized spacial score (nSPS) is 24.3. The highest BCUT2D eigenvalue weighted by atomic mass is 32.2. The van der Waals surface area contributed by atoms with Crippen molar-refractivity contribution in [1.29, 1.82) is 0 Å². The van der Waals surface area contributed by atoms with Crippen molar-refractivity contribution in [3.63, 3.8) is 0 Å². The van der Waals surface area contributed by atoms with E-state index >= 15 is 0 Å². The Morgan fingerprint density at radius 3 is 2.92 bits per heavy atom. The molecule has 1 aromatic rings. The molecule has 0 bridgehead atoms. The molecular formula is C18H22N2O5S. The van der Waals surface area contributed by atoms with E-state index in [-0.39, 0.29) is 23.9 Å². The quantitative estimate of drug-likeness (QED) is 0.752. The maximum atomic E-state index is 12.3. The Kier molecular flexibility index (Phi) is 5.41. The Labute approximate surface area is 156 Å². The van der Waals surface area contributed by atoms with E-state index in [2.05, 4.69) is 5.32 Å². The van der Waals surface area contributed by atoms with Gasteiger partial charge in [0.1, 0.15) is 11.8 Å². The fourth-order valence-corrected chi connectivity index (χ4v) is 4.74. The Morgan fingerprint density at radius 2 is 2.15 bits per heavy atom. The third kappa shape index (κ3) is 3.65. The number of nitrogens with zero attached hydrogens (tertiary/aromatic N) is 1. The van der Waals surface area contributed by atoms with Gasteiger partial charge in [-0.2, -0.15) is 0 Å². The van der Waals surface area contributed by atoms with E-state index in [1.807, 2.05) is 31.2 Å². The van der Waals surface area contributed by atoms with Crippen molar-refractivity contribution in [2.75, 3.05) is 19.5 Å². The van der Waals surface area contributed by atoms with Crippen LogP contribution in [0, 0.1) is 0 Å². The Morgan fingerprint density at radius 1 is 1.38 bits per heavy atom. The van der Waals surface area contributed by atoms with Crippen LogP contribution in [0.25, 0.3) is 0 Å². The summed E-state index contributed by atoms with van der Waals surface area (Å²) in [6.07, 6.45) is 1.19. The first-order valence-electron chi connectivity index (χ1n) is 8.46. The van der Waals surface area contributed by atoms with Crippen LogP contribution >= 0.6 is 11.8 Å². The molecule has 1 aromatic carbocycles. The predicted octanol–water partition coefficient (Wildman–Crippen LogP) is 1.31. The highest BCUT2D eigenvalue weighted by molar-refractivity contribution is 8.01. The number of methoxy groups -OCH3 is 1. The number of thioether (sulfide) groups is 1. The topological polar surface area (TPSA) is 84.9 Å². The van der Waals surface area contributed by atoms with Crippen LogP contribution in [0.3, 0.4) is 0 Å². The lowest BCUT2D eigenvalue weighted by Gasteiger charge is -2.29. The van der Waals surface area contributed by atoms with Gasteiger partial charge in [-0.3, -0.25) is 9.59 Å². The van der Waals surface area contributed by atoms with Gasteiger partial charge in [-0.1, -0.05) is 18.2 Å². The number of hydrogen-bond donors (Lipinski definition) is 1. The van der Waals surface area contributed by atoms with Crippen LogP contribution in [0.15, 0.2) is 24.3 Å². The number of esters is 1. The number of carbonyl (C=O) groups excluding carboxylic acids is 3. The standard InChI is InChI=1S/C18H22N2O5S/c1-18-8-7-16(22)20(18)13(11-26-18)17(23)25-10-15(21)19-9-12-5-3-4-6-14(12)24-2/h3-6,13H,7-11H2,1-2H3,(H,19,21)/t13-,18-/m1/s1. The van der Waals surface area contributed by atoms with Gasteiger partial charge < -0.3 is 19.7 Å². The third-order valence-corrected chi connectivity index (χ3v) is 6.24. The molecule has 2 fully saturated rings. The van der Waals surface area contributed by atoms with E-state index in [0.29, 0.717) is 17.9 Å². The number of nitrogens with one attached hydrogen (secondary N) is 1. The van der Waals surface area contributed by atoms with Crippen molar-refractivity contribution in [1.82, 2.24) is 10.2 Å². The second-order valence-electron chi connectivity index (χ2n) is 6.46. The lowest BCUT2D eigenvalue weighted by atomic mass is 10.2. The molecule has 7 nitrogen and oxygen atoms in total. The average molecular weight is 378 g/mol. The number of ether oxygens (including phenoxy) is 2. The van der Waals surface area contributed by atoms with Crippen LogP contribution in [-0.2, 0) is 25.7 Å². The van der Waals surface area contributed by atoms with Crippen molar-refractivity contribution in [2.24, 2.45) is 0 Å². The molecule has 0 radical (unpaired) electrons. The molecule has 0 spiro atoms.